The summed E-state index contributed by atoms with van der Waals surface area (Å²) in [6.07, 6.45) is 1.70. The average Bonchev–Trinajstić information content (AvgIpc) is 3.32. The van der Waals surface area contributed by atoms with Gasteiger partial charge in [-0.15, -0.1) is 10.2 Å². The smallest absolute Gasteiger partial charge is 0.373 e. The van der Waals surface area contributed by atoms with Crippen molar-refractivity contribution in [2.45, 2.75) is 27.4 Å². The van der Waals surface area contributed by atoms with Gasteiger partial charge < -0.3 is 18.6 Å². The van der Waals surface area contributed by atoms with Gasteiger partial charge in [0, 0.05) is 0 Å². The van der Waals surface area contributed by atoms with Crippen LogP contribution in [0.3, 0.4) is 0 Å². The van der Waals surface area contributed by atoms with Gasteiger partial charge in [0.25, 0.3) is 0 Å². The van der Waals surface area contributed by atoms with Crippen molar-refractivity contribution in [3.05, 3.63) is 59.1 Å². The molecule has 9 heteroatoms. The molecule has 0 aliphatic heterocycles. The topological polar surface area (TPSA) is 101 Å². The highest BCUT2D eigenvalue weighted by atomic mass is 16.5. The van der Waals surface area contributed by atoms with Crippen LogP contribution in [-0.2, 0) is 11.3 Å². The Morgan fingerprint density at radius 1 is 1.14 bits per heavy atom. The molecule has 29 heavy (non-hydrogen) atoms. The van der Waals surface area contributed by atoms with Crippen molar-refractivity contribution in [3.63, 3.8) is 0 Å². The summed E-state index contributed by atoms with van der Waals surface area (Å²) in [4.78, 5) is 11.5. The average molecular weight is 398 g/mol. The van der Waals surface area contributed by atoms with Crippen molar-refractivity contribution >= 4 is 12.2 Å². The molecular formula is C20H22N4O5. The lowest BCUT2D eigenvalue weighted by atomic mass is 10.2. The van der Waals surface area contributed by atoms with Gasteiger partial charge in [-0.3, -0.25) is 0 Å². The SMILES string of the molecule is CCOc1cc(/C=N\n2c(C)nnc2C)ccc1OCc1ccc(C(=O)OC)o1. The third kappa shape index (κ3) is 4.81. The normalized spacial score (nSPS) is 11.0. The predicted molar refractivity (Wildman–Crippen MR) is 104 cm³/mol. The molecule has 0 radical (unpaired) electrons. The Labute approximate surface area is 167 Å². The van der Waals surface area contributed by atoms with E-state index in [1.165, 1.54) is 7.11 Å². The highest BCUT2D eigenvalue weighted by Gasteiger charge is 2.13. The quantitative estimate of drug-likeness (QED) is 0.424. The number of methoxy groups -OCH3 is 1. The Morgan fingerprint density at radius 3 is 2.59 bits per heavy atom. The number of hydrogen-bond donors (Lipinski definition) is 0. The number of carbonyl (C=O) groups excluding carboxylic acids is 1. The number of nitrogens with zero attached hydrogens (tertiary/aromatic N) is 4. The van der Waals surface area contributed by atoms with Crippen molar-refractivity contribution in [1.82, 2.24) is 14.9 Å². The number of furan rings is 1. The van der Waals surface area contributed by atoms with Crippen LogP contribution in [0.1, 0.15) is 40.5 Å². The molecule has 3 aromatic rings. The summed E-state index contributed by atoms with van der Waals surface area (Å²) >= 11 is 0. The van der Waals surface area contributed by atoms with Gasteiger partial charge in [-0.25, -0.2) is 9.47 Å². The number of esters is 1. The van der Waals surface area contributed by atoms with Crippen LogP contribution in [0.25, 0.3) is 0 Å². The lowest BCUT2D eigenvalue weighted by molar-refractivity contribution is 0.0561. The van der Waals surface area contributed by atoms with E-state index in [1.54, 1.807) is 29.1 Å². The highest BCUT2D eigenvalue weighted by molar-refractivity contribution is 5.86. The van der Waals surface area contributed by atoms with E-state index < -0.39 is 5.97 Å². The number of aryl methyl sites for hydroxylation is 2. The molecule has 2 heterocycles. The lowest BCUT2D eigenvalue weighted by Crippen LogP contribution is -2.01. The van der Waals surface area contributed by atoms with Gasteiger partial charge in [0.1, 0.15) is 12.4 Å². The summed E-state index contributed by atoms with van der Waals surface area (Å²) in [5.74, 6) is 2.62. The lowest BCUT2D eigenvalue weighted by Gasteiger charge is -2.11. The molecule has 0 unspecified atom stereocenters. The van der Waals surface area contributed by atoms with E-state index in [9.17, 15) is 4.79 Å². The molecule has 9 nitrogen and oxygen atoms in total. The van der Waals surface area contributed by atoms with Crippen LogP contribution in [0.5, 0.6) is 11.5 Å². The molecule has 0 spiro atoms. The molecule has 0 aliphatic carbocycles. The van der Waals surface area contributed by atoms with E-state index in [-0.39, 0.29) is 12.4 Å². The first kappa shape index (κ1) is 20.1. The molecule has 0 fully saturated rings. The summed E-state index contributed by atoms with van der Waals surface area (Å²) in [5.41, 5.74) is 0.833. The zero-order valence-corrected chi connectivity index (χ0v) is 16.7. The second kappa shape index (κ2) is 9.05. The first-order chi connectivity index (χ1) is 14.0. The first-order valence-electron chi connectivity index (χ1n) is 9.01. The molecule has 0 atom stereocenters. The summed E-state index contributed by atoms with van der Waals surface area (Å²) in [5, 5.41) is 12.4. The summed E-state index contributed by atoms with van der Waals surface area (Å²) in [6, 6.07) is 8.69. The van der Waals surface area contributed by atoms with E-state index in [0.29, 0.717) is 35.5 Å². The van der Waals surface area contributed by atoms with E-state index in [1.807, 2.05) is 32.9 Å². The molecular weight excluding hydrogens is 376 g/mol. The fraction of sp³-hybridized carbons (Fsp3) is 0.300. The molecule has 1 aromatic carbocycles. The molecule has 2 aromatic heterocycles. The van der Waals surface area contributed by atoms with Crippen LogP contribution in [0.4, 0.5) is 0 Å². The molecule has 0 bridgehead atoms. The Kier molecular flexibility index (Phi) is 6.28. The van der Waals surface area contributed by atoms with Crippen molar-refractivity contribution in [1.29, 1.82) is 0 Å². The minimum atomic E-state index is -0.534. The largest absolute Gasteiger partial charge is 0.490 e. The van der Waals surface area contributed by atoms with Crippen LogP contribution < -0.4 is 9.47 Å². The number of hydrogen-bond acceptors (Lipinski definition) is 8. The number of benzene rings is 1. The molecule has 0 amide bonds. The van der Waals surface area contributed by atoms with Gasteiger partial charge in [0.2, 0.25) is 5.76 Å². The zero-order valence-electron chi connectivity index (χ0n) is 16.7. The molecule has 0 saturated carbocycles. The minimum Gasteiger partial charge on any atom is -0.490 e. The van der Waals surface area contributed by atoms with Gasteiger partial charge in [-0.05, 0) is 56.7 Å². The van der Waals surface area contributed by atoms with Crippen molar-refractivity contribution in [3.8, 4) is 11.5 Å². The maximum atomic E-state index is 11.5. The summed E-state index contributed by atoms with van der Waals surface area (Å²) in [6.45, 7) is 6.18. The van der Waals surface area contributed by atoms with Gasteiger partial charge in [-0.2, -0.15) is 5.10 Å². The Bertz CT molecular complexity index is 1000. The Morgan fingerprint density at radius 2 is 1.90 bits per heavy atom. The van der Waals surface area contributed by atoms with Crippen LogP contribution >= 0.6 is 0 Å². The maximum absolute atomic E-state index is 11.5. The van der Waals surface area contributed by atoms with Gasteiger partial charge in [-0.1, -0.05) is 0 Å². The van der Waals surface area contributed by atoms with E-state index in [4.69, 9.17) is 13.9 Å². The highest BCUT2D eigenvalue weighted by Crippen LogP contribution is 2.29. The molecule has 0 aliphatic rings. The van der Waals surface area contributed by atoms with Crippen LogP contribution in [0.2, 0.25) is 0 Å². The van der Waals surface area contributed by atoms with Crippen molar-refractivity contribution in [2.75, 3.05) is 13.7 Å². The molecule has 152 valence electrons. The van der Waals surface area contributed by atoms with E-state index >= 15 is 0 Å². The third-order valence-electron chi connectivity index (χ3n) is 3.96. The minimum absolute atomic E-state index is 0.127. The Balaban J connectivity index is 1.74. The zero-order chi connectivity index (χ0) is 20.8. The maximum Gasteiger partial charge on any atom is 0.373 e. The molecule has 0 saturated heterocycles. The standard InChI is InChI=1S/C20H22N4O5/c1-5-27-19-10-15(11-21-24-13(2)22-23-14(24)3)6-8-17(19)28-12-16-7-9-18(29-16)20(25)26-4/h6-11H,5,12H2,1-4H3/b21-11-. The van der Waals surface area contributed by atoms with Crippen LogP contribution in [0, 0.1) is 13.8 Å². The predicted octanol–water partition coefficient (Wildman–Crippen LogP) is 3.13. The second-order valence-corrected chi connectivity index (χ2v) is 6.04. The van der Waals surface area contributed by atoms with Gasteiger partial charge in [0.15, 0.2) is 23.1 Å². The number of ether oxygens (including phenoxy) is 3. The second-order valence-electron chi connectivity index (χ2n) is 6.04. The number of aromatic nitrogens is 3. The molecule has 0 N–H and O–H groups in total. The Hall–Kier alpha value is -3.62. The van der Waals surface area contributed by atoms with Crippen LogP contribution in [-0.4, -0.2) is 40.8 Å². The van der Waals surface area contributed by atoms with Crippen LogP contribution in [0.15, 0.2) is 39.9 Å². The molecule has 3 rings (SSSR count). The van der Waals surface area contributed by atoms with E-state index in [0.717, 1.165) is 5.56 Å². The number of rotatable bonds is 8. The van der Waals surface area contributed by atoms with Crippen molar-refractivity contribution in [2.24, 2.45) is 5.10 Å². The third-order valence-corrected chi connectivity index (χ3v) is 3.96. The van der Waals surface area contributed by atoms with Crippen molar-refractivity contribution < 1.29 is 23.4 Å². The fourth-order valence-corrected chi connectivity index (χ4v) is 2.56. The summed E-state index contributed by atoms with van der Waals surface area (Å²) in [7, 11) is 1.30. The number of carbonyl (C=O) groups is 1. The monoisotopic (exact) mass is 398 g/mol. The van der Waals surface area contributed by atoms with Gasteiger partial charge in [0.05, 0.1) is 19.9 Å². The van der Waals surface area contributed by atoms with Gasteiger partial charge >= 0.3 is 5.97 Å². The summed E-state index contributed by atoms with van der Waals surface area (Å²) < 4.78 is 23.2. The van der Waals surface area contributed by atoms with E-state index in [2.05, 4.69) is 20.0 Å². The fourth-order valence-electron chi connectivity index (χ4n) is 2.56. The first-order valence-corrected chi connectivity index (χ1v) is 9.01.